The Kier molecular flexibility index (Phi) is 21.5. The lowest BCUT2D eigenvalue weighted by molar-refractivity contribution is -0.161. The normalized spacial score (nSPS) is 12.7. The molecule has 0 aromatic carbocycles. The van der Waals surface area contributed by atoms with Crippen molar-refractivity contribution in [3.8, 4) is 0 Å². The summed E-state index contributed by atoms with van der Waals surface area (Å²) in [7, 11) is -4.72. The van der Waals surface area contributed by atoms with E-state index in [1.807, 2.05) is 0 Å². The van der Waals surface area contributed by atoms with Crippen LogP contribution in [0.5, 0.6) is 0 Å². The maximum atomic E-state index is 12.0. The van der Waals surface area contributed by atoms with Gasteiger partial charge in [0.1, 0.15) is 6.61 Å². The molecule has 0 unspecified atom stereocenters. The van der Waals surface area contributed by atoms with E-state index in [-0.39, 0.29) is 19.4 Å². The van der Waals surface area contributed by atoms with Crippen molar-refractivity contribution < 1.29 is 37.9 Å². The van der Waals surface area contributed by atoms with E-state index in [2.05, 4.69) is 30.5 Å². The van der Waals surface area contributed by atoms with Gasteiger partial charge in [-0.2, -0.15) is 0 Å². The van der Waals surface area contributed by atoms with Crippen LogP contribution in [0.25, 0.3) is 0 Å². The lowest BCUT2D eigenvalue weighted by atomic mass is 10.1. The fourth-order valence-electron chi connectivity index (χ4n) is 3.29. The van der Waals surface area contributed by atoms with Crippen LogP contribution in [0.2, 0.25) is 0 Å². The van der Waals surface area contributed by atoms with Crippen LogP contribution in [-0.4, -0.2) is 41.0 Å². The van der Waals surface area contributed by atoms with Crippen molar-refractivity contribution in [2.75, 3.05) is 13.2 Å². The second kappa shape index (κ2) is 22.3. The van der Waals surface area contributed by atoms with E-state index < -0.39 is 32.5 Å². The van der Waals surface area contributed by atoms with Gasteiger partial charge >= 0.3 is 19.8 Å². The Morgan fingerprint density at radius 1 is 0.735 bits per heavy atom. The molecule has 2 N–H and O–H groups in total. The molecular weight excluding hydrogens is 459 g/mol. The smallest absolute Gasteiger partial charge is 0.462 e. The molecule has 0 spiro atoms. The highest BCUT2D eigenvalue weighted by Gasteiger charge is 2.22. The zero-order valence-corrected chi connectivity index (χ0v) is 22.1. The second-order valence-electron chi connectivity index (χ2n) is 8.67. The third-order valence-corrected chi connectivity index (χ3v) is 5.77. The lowest BCUT2D eigenvalue weighted by Crippen LogP contribution is -2.29. The van der Waals surface area contributed by atoms with Crippen molar-refractivity contribution in [1.29, 1.82) is 0 Å². The molecule has 0 bridgehead atoms. The summed E-state index contributed by atoms with van der Waals surface area (Å²) in [6.45, 7) is 3.47. The van der Waals surface area contributed by atoms with E-state index in [4.69, 9.17) is 19.3 Å². The van der Waals surface area contributed by atoms with E-state index in [0.29, 0.717) is 12.8 Å². The van der Waals surface area contributed by atoms with Crippen molar-refractivity contribution >= 4 is 19.8 Å². The minimum absolute atomic E-state index is 0.207. The average molecular weight is 507 g/mol. The minimum Gasteiger partial charge on any atom is -0.462 e. The van der Waals surface area contributed by atoms with Gasteiger partial charge in [0.05, 0.1) is 6.61 Å². The molecule has 0 radical (unpaired) electrons. The molecule has 0 aliphatic carbocycles. The van der Waals surface area contributed by atoms with Gasteiger partial charge in [-0.25, -0.2) is 4.57 Å². The first-order valence-electron chi connectivity index (χ1n) is 13.0. The van der Waals surface area contributed by atoms with Crippen molar-refractivity contribution in [2.45, 2.75) is 123 Å². The maximum absolute atomic E-state index is 12.0. The summed E-state index contributed by atoms with van der Waals surface area (Å²) >= 11 is 0. The first-order valence-corrected chi connectivity index (χ1v) is 14.5. The van der Waals surface area contributed by atoms with Gasteiger partial charge in [-0.05, 0) is 32.1 Å². The van der Waals surface area contributed by atoms with Crippen LogP contribution in [0.3, 0.4) is 0 Å². The molecule has 0 aliphatic rings. The Labute approximate surface area is 206 Å². The van der Waals surface area contributed by atoms with Crippen LogP contribution >= 0.6 is 7.82 Å². The van der Waals surface area contributed by atoms with E-state index in [0.717, 1.165) is 64.2 Å². The Hall–Kier alpha value is -1.21. The zero-order valence-electron chi connectivity index (χ0n) is 21.3. The van der Waals surface area contributed by atoms with Crippen LogP contribution in [0.15, 0.2) is 12.2 Å². The summed E-state index contributed by atoms with van der Waals surface area (Å²) in [5.74, 6) is -0.914. The number of ether oxygens (including phenoxy) is 2. The Balaban J connectivity index is 4.08. The number of phosphoric ester groups is 1. The molecule has 34 heavy (non-hydrogen) atoms. The number of unbranched alkanes of at least 4 members (excludes halogenated alkanes) is 11. The van der Waals surface area contributed by atoms with Gasteiger partial charge in [-0.15, -0.1) is 0 Å². The van der Waals surface area contributed by atoms with Gasteiger partial charge in [0.2, 0.25) is 0 Å². The fourth-order valence-corrected chi connectivity index (χ4v) is 3.65. The van der Waals surface area contributed by atoms with Gasteiger partial charge in [0.25, 0.3) is 0 Å². The van der Waals surface area contributed by atoms with Crippen LogP contribution < -0.4 is 0 Å². The summed E-state index contributed by atoms with van der Waals surface area (Å²) in [6.07, 6.45) is 18.5. The lowest BCUT2D eigenvalue weighted by Gasteiger charge is -2.18. The van der Waals surface area contributed by atoms with E-state index in [9.17, 15) is 14.2 Å². The Morgan fingerprint density at radius 2 is 1.26 bits per heavy atom. The van der Waals surface area contributed by atoms with Gasteiger partial charge in [0.15, 0.2) is 6.10 Å². The topological polar surface area (TPSA) is 119 Å². The van der Waals surface area contributed by atoms with Crippen LogP contribution in [-0.2, 0) is 28.2 Å². The van der Waals surface area contributed by atoms with Crippen LogP contribution in [0, 0.1) is 0 Å². The van der Waals surface area contributed by atoms with E-state index >= 15 is 0 Å². The van der Waals surface area contributed by atoms with Gasteiger partial charge in [0, 0.05) is 12.8 Å². The summed E-state index contributed by atoms with van der Waals surface area (Å²) in [4.78, 5) is 41.8. The zero-order chi connectivity index (χ0) is 25.5. The second-order valence-corrected chi connectivity index (χ2v) is 9.90. The minimum atomic E-state index is -4.72. The number of allylic oxidation sites excluding steroid dienone is 2. The van der Waals surface area contributed by atoms with Crippen molar-refractivity contribution in [2.24, 2.45) is 0 Å². The number of hydrogen-bond donors (Lipinski definition) is 2. The van der Waals surface area contributed by atoms with Gasteiger partial charge < -0.3 is 19.3 Å². The average Bonchev–Trinajstić information content (AvgIpc) is 2.78. The van der Waals surface area contributed by atoms with Crippen molar-refractivity contribution in [3.63, 3.8) is 0 Å². The molecule has 9 heteroatoms. The van der Waals surface area contributed by atoms with Crippen LogP contribution in [0.1, 0.15) is 117 Å². The number of rotatable bonds is 23. The summed E-state index contributed by atoms with van der Waals surface area (Å²) < 4.78 is 25.8. The van der Waals surface area contributed by atoms with Crippen LogP contribution in [0.4, 0.5) is 0 Å². The molecule has 0 rings (SSSR count). The molecule has 8 nitrogen and oxygen atoms in total. The molecule has 200 valence electrons. The third kappa shape index (κ3) is 23.9. The maximum Gasteiger partial charge on any atom is 0.469 e. The molecule has 0 saturated carbocycles. The Morgan fingerprint density at radius 3 is 1.88 bits per heavy atom. The summed E-state index contributed by atoms with van der Waals surface area (Å²) in [6, 6.07) is 0. The van der Waals surface area contributed by atoms with Crippen molar-refractivity contribution in [1.82, 2.24) is 0 Å². The standard InChI is InChI=1S/C25H47O8P/c1-3-5-7-9-10-11-12-13-14-16-17-19-24(26)31-21-23(22-32-34(28,29)30)33-25(27)20-18-15-8-6-4-2/h9-10,23H,3-8,11-22H2,1-2H3,(H2,28,29,30)/b10-9+/t23-/m1/s1. The molecule has 1 atom stereocenters. The largest absolute Gasteiger partial charge is 0.469 e. The summed E-state index contributed by atoms with van der Waals surface area (Å²) in [5.41, 5.74) is 0. The highest BCUT2D eigenvalue weighted by Crippen LogP contribution is 2.35. The van der Waals surface area contributed by atoms with E-state index in [1.54, 1.807) is 0 Å². The van der Waals surface area contributed by atoms with Gasteiger partial charge in [-0.3, -0.25) is 14.1 Å². The molecule has 0 saturated heterocycles. The molecule has 0 fully saturated rings. The number of phosphoric acid groups is 1. The predicted octanol–water partition coefficient (Wildman–Crippen LogP) is 6.39. The van der Waals surface area contributed by atoms with Crippen molar-refractivity contribution in [3.05, 3.63) is 12.2 Å². The number of esters is 2. The molecule has 0 amide bonds. The van der Waals surface area contributed by atoms with E-state index in [1.165, 1.54) is 12.8 Å². The number of carbonyl (C=O) groups is 2. The number of hydrogen-bond acceptors (Lipinski definition) is 6. The monoisotopic (exact) mass is 506 g/mol. The molecule has 0 aliphatic heterocycles. The fraction of sp³-hybridized carbons (Fsp3) is 0.840. The molecule has 0 aromatic rings. The molecular formula is C25H47O8P. The SMILES string of the molecule is CCCC/C=C/CCCCCCCC(=O)OC[C@H](COP(=O)(O)O)OC(=O)CCCCCCC. The number of carbonyl (C=O) groups excluding carboxylic acids is 2. The Bertz CT molecular complexity index is 587. The summed E-state index contributed by atoms with van der Waals surface area (Å²) in [5, 5.41) is 0. The molecule has 0 aromatic heterocycles. The quantitative estimate of drug-likeness (QED) is 0.0708. The first kappa shape index (κ1) is 32.8. The highest BCUT2D eigenvalue weighted by molar-refractivity contribution is 7.46. The molecule has 0 heterocycles. The highest BCUT2D eigenvalue weighted by atomic mass is 31.2. The predicted molar refractivity (Wildman–Crippen MR) is 133 cm³/mol. The third-order valence-electron chi connectivity index (χ3n) is 5.28. The first-order chi connectivity index (χ1) is 16.3. The van der Waals surface area contributed by atoms with Gasteiger partial charge in [-0.1, -0.05) is 83.8 Å².